The Morgan fingerprint density at radius 2 is 1.79 bits per heavy atom. The maximum atomic E-state index is 6.69. The highest BCUT2D eigenvalue weighted by Crippen LogP contribution is 2.33. The molecule has 2 N–H and O–H groups in total. The highest BCUT2D eigenvalue weighted by molar-refractivity contribution is 6.30. The topological polar surface area (TPSA) is 43.3 Å². The third-order valence-corrected chi connectivity index (χ3v) is 4.74. The molecule has 2 heterocycles. The largest absolute Gasteiger partial charge is 0.319 e. The molecule has 1 aromatic carbocycles. The van der Waals surface area contributed by atoms with Gasteiger partial charge in [-0.05, 0) is 42.7 Å². The van der Waals surface area contributed by atoms with Crippen LogP contribution in [-0.2, 0) is 5.41 Å². The van der Waals surface area contributed by atoms with E-state index in [0.717, 1.165) is 22.6 Å². The summed E-state index contributed by atoms with van der Waals surface area (Å²) in [4.78, 5) is 4.84. The van der Waals surface area contributed by atoms with E-state index in [1.165, 1.54) is 11.1 Å². The summed E-state index contributed by atoms with van der Waals surface area (Å²) in [6.07, 6.45) is 1.90. The van der Waals surface area contributed by atoms with E-state index in [0.29, 0.717) is 5.02 Å². The van der Waals surface area contributed by atoms with Crippen LogP contribution in [0.1, 0.15) is 54.9 Å². The van der Waals surface area contributed by atoms with Gasteiger partial charge in [0, 0.05) is 11.6 Å². The minimum Gasteiger partial charge on any atom is -0.319 e. The first-order valence-electron chi connectivity index (χ1n) is 8.19. The Kier molecular flexibility index (Phi) is 4.18. The zero-order valence-corrected chi connectivity index (χ0v) is 15.6. The molecule has 0 saturated heterocycles. The number of hydrogen-bond donors (Lipinski definition) is 1. The van der Waals surface area contributed by atoms with Crippen LogP contribution < -0.4 is 5.73 Å². The van der Waals surface area contributed by atoms with Gasteiger partial charge in [0.25, 0.3) is 0 Å². The normalized spacial score (nSPS) is 13.5. The van der Waals surface area contributed by atoms with Crippen molar-refractivity contribution in [2.75, 3.05) is 0 Å². The first-order valence-corrected chi connectivity index (χ1v) is 8.57. The Labute approximate surface area is 148 Å². The number of halogens is 1. The Morgan fingerprint density at radius 3 is 2.42 bits per heavy atom. The molecule has 0 bridgehead atoms. The zero-order valence-electron chi connectivity index (χ0n) is 14.9. The van der Waals surface area contributed by atoms with Gasteiger partial charge in [0.05, 0.1) is 22.5 Å². The van der Waals surface area contributed by atoms with Crippen LogP contribution in [0.2, 0.25) is 5.02 Å². The molecule has 0 saturated carbocycles. The highest BCUT2D eigenvalue weighted by atomic mass is 35.5. The summed E-state index contributed by atoms with van der Waals surface area (Å²) in [5, 5.41) is 0.675. The number of nitrogens with zero attached hydrogens (tertiary/aromatic N) is 2. The number of pyridine rings is 1. The molecule has 0 radical (unpaired) electrons. The minimum absolute atomic E-state index is 0.106. The summed E-state index contributed by atoms with van der Waals surface area (Å²) in [6, 6.07) is 9.93. The van der Waals surface area contributed by atoms with Gasteiger partial charge >= 0.3 is 0 Å². The quantitative estimate of drug-likeness (QED) is 0.716. The summed E-state index contributed by atoms with van der Waals surface area (Å²) < 4.78 is 2.03. The monoisotopic (exact) mass is 341 g/mol. The van der Waals surface area contributed by atoms with E-state index in [2.05, 4.69) is 52.8 Å². The molecule has 126 valence electrons. The molecular formula is C20H24ClN3. The van der Waals surface area contributed by atoms with Gasteiger partial charge in [0.2, 0.25) is 0 Å². The summed E-state index contributed by atoms with van der Waals surface area (Å²) in [7, 11) is 0. The van der Waals surface area contributed by atoms with E-state index in [-0.39, 0.29) is 11.5 Å². The lowest BCUT2D eigenvalue weighted by atomic mass is 9.87. The summed E-state index contributed by atoms with van der Waals surface area (Å²) in [5.74, 6) is 0. The molecule has 3 nitrogen and oxygen atoms in total. The number of nitrogens with two attached hydrogens (primary N) is 1. The van der Waals surface area contributed by atoms with Crippen LogP contribution in [0.25, 0.3) is 5.65 Å². The minimum atomic E-state index is -0.257. The van der Waals surface area contributed by atoms with Crippen LogP contribution in [0.3, 0.4) is 0 Å². The van der Waals surface area contributed by atoms with Crippen LogP contribution in [0.4, 0.5) is 0 Å². The Balaban J connectivity index is 2.26. The van der Waals surface area contributed by atoms with E-state index in [1.54, 1.807) is 0 Å². The van der Waals surface area contributed by atoms with Crippen molar-refractivity contribution in [3.05, 3.63) is 69.6 Å². The van der Waals surface area contributed by atoms with Crippen molar-refractivity contribution in [1.82, 2.24) is 9.38 Å². The fourth-order valence-electron chi connectivity index (χ4n) is 3.00. The van der Waals surface area contributed by atoms with E-state index in [4.69, 9.17) is 22.3 Å². The van der Waals surface area contributed by atoms with Crippen LogP contribution in [-0.4, -0.2) is 9.38 Å². The third-order valence-electron chi connectivity index (χ3n) is 4.51. The molecule has 24 heavy (non-hydrogen) atoms. The summed E-state index contributed by atoms with van der Waals surface area (Å²) in [6.45, 7) is 10.7. The van der Waals surface area contributed by atoms with Crippen molar-refractivity contribution in [1.29, 1.82) is 0 Å². The van der Waals surface area contributed by atoms with Gasteiger partial charge in [-0.1, -0.05) is 50.6 Å². The lowest BCUT2D eigenvalue weighted by Gasteiger charge is -2.22. The second-order valence-corrected chi connectivity index (χ2v) is 7.93. The number of rotatable bonds is 2. The Bertz CT molecular complexity index is 903. The smallest absolute Gasteiger partial charge is 0.137 e. The van der Waals surface area contributed by atoms with Gasteiger partial charge in [-0.15, -0.1) is 0 Å². The SMILES string of the molecule is Cc1ccc(C(N)c2c(C(C)(C)C)nc3ccc(Cl)cn23)cc1C. The molecule has 3 aromatic rings. The van der Waals surface area contributed by atoms with Crippen molar-refractivity contribution >= 4 is 17.2 Å². The number of aromatic nitrogens is 2. The number of benzene rings is 1. The van der Waals surface area contributed by atoms with E-state index in [9.17, 15) is 0 Å². The van der Waals surface area contributed by atoms with Crippen molar-refractivity contribution in [3.63, 3.8) is 0 Å². The molecule has 0 spiro atoms. The van der Waals surface area contributed by atoms with E-state index in [1.807, 2.05) is 22.7 Å². The second kappa shape index (κ2) is 5.91. The predicted molar refractivity (Wildman–Crippen MR) is 101 cm³/mol. The molecule has 4 heteroatoms. The fourth-order valence-corrected chi connectivity index (χ4v) is 3.16. The standard InChI is InChI=1S/C20H24ClN3/c1-12-6-7-14(10-13(12)2)17(22)18-19(20(3,4)5)23-16-9-8-15(21)11-24(16)18/h6-11,17H,22H2,1-5H3. The average Bonchev–Trinajstić information content (AvgIpc) is 2.88. The van der Waals surface area contributed by atoms with Gasteiger partial charge in [-0.25, -0.2) is 4.98 Å². The van der Waals surface area contributed by atoms with Gasteiger partial charge < -0.3 is 10.1 Å². The lowest BCUT2D eigenvalue weighted by Crippen LogP contribution is -2.22. The maximum absolute atomic E-state index is 6.69. The number of imidazole rings is 1. The average molecular weight is 342 g/mol. The first kappa shape index (κ1) is 17.0. The number of hydrogen-bond acceptors (Lipinski definition) is 2. The Hall–Kier alpha value is -1.84. The highest BCUT2D eigenvalue weighted by Gasteiger charge is 2.28. The van der Waals surface area contributed by atoms with Gasteiger partial charge in [-0.3, -0.25) is 0 Å². The molecule has 0 aliphatic carbocycles. The second-order valence-electron chi connectivity index (χ2n) is 7.49. The molecule has 1 atom stereocenters. The third kappa shape index (κ3) is 2.94. The lowest BCUT2D eigenvalue weighted by molar-refractivity contribution is 0.558. The molecule has 3 rings (SSSR count). The molecule has 0 aliphatic rings. The van der Waals surface area contributed by atoms with Crippen LogP contribution in [0.15, 0.2) is 36.5 Å². The summed E-state index contributed by atoms with van der Waals surface area (Å²) in [5.41, 5.74) is 13.1. The molecule has 0 fully saturated rings. The Morgan fingerprint density at radius 1 is 1.08 bits per heavy atom. The van der Waals surface area contributed by atoms with Gasteiger partial charge in [0.15, 0.2) is 0 Å². The molecule has 2 aromatic heterocycles. The molecular weight excluding hydrogens is 318 g/mol. The van der Waals surface area contributed by atoms with E-state index >= 15 is 0 Å². The van der Waals surface area contributed by atoms with Gasteiger partial charge in [-0.2, -0.15) is 0 Å². The predicted octanol–water partition coefficient (Wildman–Crippen LogP) is 4.95. The number of fused-ring (bicyclic) bond motifs is 1. The van der Waals surface area contributed by atoms with Crippen LogP contribution >= 0.6 is 11.6 Å². The van der Waals surface area contributed by atoms with Crippen LogP contribution in [0, 0.1) is 13.8 Å². The van der Waals surface area contributed by atoms with E-state index < -0.39 is 0 Å². The van der Waals surface area contributed by atoms with Crippen molar-refractivity contribution in [2.24, 2.45) is 5.73 Å². The van der Waals surface area contributed by atoms with Crippen molar-refractivity contribution in [3.8, 4) is 0 Å². The summed E-state index contributed by atoms with van der Waals surface area (Å²) >= 11 is 6.22. The van der Waals surface area contributed by atoms with Crippen molar-refractivity contribution in [2.45, 2.75) is 46.1 Å². The molecule has 0 aliphatic heterocycles. The van der Waals surface area contributed by atoms with Gasteiger partial charge in [0.1, 0.15) is 5.65 Å². The van der Waals surface area contributed by atoms with Crippen molar-refractivity contribution < 1.29 is 0 Å². The molecule has 1 unspecified atom stereocenters. The maximum Gasteiger partial charge on any atom is 0.137 e. The first-order chi connectivity index (χ1) is 11.2. The van der Waals surface area contributed by atoms with Crippen LogP contribution in [0.5, 0.6) is 0 Å². The number of aryl methyl sites for hydroxylation is 2. The fraction of sp³-hybridized carbons (Fsp3) is 0.350. The zero-order chi connectivity index (χ0) is 17.6. The molecule has 0 amide bonds.